The Labute approximate surface area is 56.1 Å². The first-order valence-electron chi connectivity index (χ1n) is 3.25. The molecule has 0 saturated carbocycles. The highest BCUT2D eigenvalue weighted by molar-refractivity contribution is 4.79. The standard InChI is InChI=1S/C7H14O2/c1-2-3-4-6-9-7-5-8/h3-4,8H,2,5-7H2,1H3/b4-3-. The molecule has 0 aromatic heterocycles. The maximum Gasteiger partial charge on any atom is 0.0701 e. The summed E-state index contributed by atoms with van der Waals surface area (Å²) in [7, 11) is 0. The second-order valence-corrected chi connectivity index (χ2v) is 1.68. The van der Waals surface area contributed by atoms with Crippen molar-refractivity contribution in [3.8, 4) is 0 Å². The highest BCUT2D eigenvalue weighted by Gasteiger charge is 1.78. The van der Waals surface area contributed by atoms with Crippen molar-refractivity contribution in [2.24, 2.45) is 0 Å². The van der Waals surface area contributed by atoms with Gasteiger partial charge >= 0.3 is 0 Å². The number of rotatable bonds is 5. The fourth-order valence-electron chi connectivity index (χ4n) is 0.451. The third kappa shape index (κ3) is 7.66. The molecule has 0 atom stereocenters. The Morgan fingerprint density at radius 1 is 1.44 bits per heavy atom. The van der Waals surface area contributed by atoms with Gasteiger partial charge in [-0.15, -0.1) is 0 Å². The van der Waals surface area contributed by atoms with Crippen LogP contribution in [0.1, 0.15) is 13.3 Å². The van der Waals surface area contributed by atoms with Crippen molar-refractivity contribution in [2.75, 3.05) is 19.8 Å². The molecule has 54 valence electrons. The minimum Gasteiger partial charge on any atom is -0.394 e. The van der Waals surface area contributed by atoms with Crippen molar-refractivity contribution in [1.82, 2.24) is 0 Å². The zero-order valence-corrected chi connectivity index (χ0v) is 5.84. The summed E-state index contributed by atoms with van der Waals surface area (Å²) < 4.78 is 4.95. The van der Waals surface area contributed by atoms with Gasteiger partial charge in [0.1, 0.15) is 0 Å². The molecule has 1 N–H and O–H groups in total. The van der Waals surface area contributed by atoms with Gasteiger partial charge in [0, 0.05) is 0 Å². The third-order valence-electron chi connectivity index (χ3n) is 0.852. The average molecular weight is 130 g/mol. The molecule has 2 heteroatoms. The van der Waals surface area contributed by atoms with Gasteiger partial charge in [0.25, 0.3) is 0 Å². The molecule has 0 saturated heterocycles. The number of allylic oxidation sites excluding steroid dienone is 1. The molecular formula is C7H14O2. The van der Waals surface area contributed by atoms with Gasteiger partial charge in [0.05, 0.1) is 19.8 Å². The van der Waals surface area contributed by atoms with Gasteiger partial charge in [-0.05, 0) is 6.42 Å². The lowest BCUT2D eigenvalue weighted by molar-refractivity contribution is 0.112. The van der Waals surface area contributed by atoms with Crippen LogP contribution in [0.3, 0.4) is 0 Å². The molecule has 0 radical (unpaired) electrons. The Morgan fingerprint density at radius 3 is 2.78 bits per heavy atom. The summed E-state index contributed by atoms with van der Waals surface area (Å²) in [6.07, 6.45) is 5.04. The van der Waals surface area contributed by atoms with Gasteiger partial charge in [-0.1, -0.05) is 19.1 Å². The first-order valence-corrected chi connectivity index (χ1v) is 3.25. The monoisotopic (exact) mass is 130 g/mol. The zero-order chi connectivity index (χ0) is 6.95. The molecular weight excluding hydrogens is 116 g/mol. The Hall–Kier alpha value is -0.340. The largest absolute Gasteiger partial charge is 0.394 e. The molecule has 0 spiro atoms. The first-order chi connectivity index (χ1) is 4.41. The Balaban J connectivity index is 2.82. The average Bonchev–Trinajstić information content (AvgIpc) is 1.89. The number of hydrogen-bond acceptors (Lipinski definition) is 2. The summed E-state index contributed by atoms with van der Waals surface area (Å²) in [5.41, 5.74) is 0. The highest BCUT2D eigenvalue weighted by atomic mass is 16.5. The molecule has 0 bridgehead atoms. The van der Waals surface area contributed by atoms with Gasteiger partial charge in [-0.2, -0.15) is 0 Å². The van der Waals surface area contributed by atoms with E-state index in [1.54, 1.807) is 0 Å². The minimum atomic E-state index is 0.111. The smallest absolute Gasteiger partial charge is 0.0701 e. The van der Waals surface area contributed by atoms with Crippen LogP contribution in [0.5, 0.6) is 0 Å². The van der Waals surface area contributed by atoms with E-state index in [9.17, 15) is 0 Å². The topological polar surface area (TPSA) is 29.5 Å². The number of hydrogen-bond donors (Lipinski definition) is 1. The summed E-state index contributed by atoms with van der Waals surface area (Å²) in [4.78, 5) is 0. The summed E-state index contributed by atoms with van der Waals surface area (Å²) in [6, 6.07) is 0. The van der Waals surface area contributed by atoms with E-state index in [-0.39, 0.29) is 6.61 Å². The molecule has 0 aliphatic heterocycles. The van der Waals surface area contributed by atoms with E-state index in [1.165, 1.54) is 0 Å². The second-order valence-electron chi connectivity index (χ2n) is 1.68. The molecule has 0 aliphatic carbocycles. The van der Waals surface area contributed by atoms with Gasteiger partial charge in [-0.3, -0.25) is 0 Å². The van der Waals surface area contributed by atoms with Crippen LogP contribution < -0.4 is 0 Å². The van der Waals surface area contributed by atoms with Crippen LogP contribution in [-0.4, -0.2) is 24.9 Å². The van der Waals surface area contributed by atoms with Crippen LogP contribution in [0, 0.1) is 0 Å². The number of aliphatic hydroxyl groups is 1. The van der Waals surface area contributed by atoms with Crippen LogP contribution >= 0.6 is 0 Å². The fourth-order valence-corrected chi connectivity index (χ4v) is 0.451. The van der Waals surface area contributed by atoms with Crippen molar-refractivity contribution in [1.29, 1.82) is 0 Å². The van der Waals surface area contributed by atoms with E-state index in [0.29, 0.717) is 13.2 Å². The van der Waals surface area contributed by atoms with Crippen molar-refractivity contribution in [3.63, 3.8) is 0 Å². The van der Waals surface area contributed by atoms with Gasteiger partial charge in [-0.25, -0.2) is 0 Å². The quantitative estimate of drug-likeness (QED) is 0.443. The van der Waals surface area contributed by atoms with Crippen molar-refractivity contribution in [3.05, 3.63) is 12.2 Å². The Bertz CT molecular complexity index is 69.3. The van der Waals surface area contributed by atoms with Crippen LogP contribution in [0.4, 0.5) is 0 Å². The molecule has 0 aromatic carbocycles. The van der Waals surface area contributed by atoms with Gasteiger partial charge in [0.15, 0.2) is 0 Å². The van der Waals surface area contributed by atoms with E-state index in [0.717, 1.165) is 6.42 Å². The zero-order valence-electron chi connectivity index (χ0n) is 5.84. The van der Waals surface area contributed by atoms with Crippen molar-refractivity contribution in [2.45, 2.75) is 13.3 Å². The molecule has 0 aliphatic rings. The van der Waals surface area contributed by atoms with Crippen LogP contribution in [-0.2, 0) is 4.74 Å². The van der Waals surface area contributed by atoms with Gasteiger partial charge < -0.3 is 9.84 Å². The van der Waals surface area contributed by atoms with E-state index in [2.05, 4.69) is 6.92 Å². The number of ether oxygens (including phenoxy) is 1. The molecule has 0 heterocycles. The third-order valence-corrected chi connectivity index (χ3v) is 0.852. The molecule has 0 fully saturated rings. The first kappa shape index (κ1) is 8.66. The molecule has 0 amide bonds. The summed E-state index contributed by atoms with van der Waals surface area (Å²) in [5, 5.41) is 8.27. The lowest BCUT2D eigenvalue weighted by Crippen LogP contribution is -1.97. The fraction of sp³-hybridized carbons (Fsp3) is 0.714. The highest BCUT2D eigenvalue weighted by Crippen LogP contribution is 1.80. The molecule has 0 aromatic rings. The Morgan fingerprint density at radius 2 is 2.22 bits per heavy atom. The van der Waals surface area contributed by atoms with Crippen LogP contribution in [0.25, 0.3) is 0 Å². The molecule has 0 unspecified atom stereocenters. The maximum atomic E-state index is 8.27. The van der Waals surface area contributed by atoms with Gasteiger partial charge in [0.2, 0.25) is 0 Å². The minimum absolute atomic E-state index is 0.111. The maximum absolute atomic E-state index is 8.27. The normalized spacial score (nSPS) is 10.9. The number of aliphatic hydroxyl groups excluding tert-OH is 1. The van der Waals surface area contributed by atoms with E-state index in [4.69, 9.17) is 9.84 Å². The summed E-state index contributed by atoms with van der Waals surface area (Å²) in [5.74, 6) is 0. The Kier molecular flexibility index (Phi) is 7.37. The summed E-state index contributed by atoms with van der Waals surface area (Å²) >= 11 is 0. The summed E-state index contributed by atoms with van der Waals surface area (Å²) in [6.45, 7) is 3.24. The molecule has 9 heavy (non-hydrogen) atoms. The molecule has 0 rings (SSSR count). The lowest BCUT2D eigenvalue weighted by atomic mass is 10.4. The lowest BCUT2D eigenvalue weighted by Gasteiger charge is -1.93. The van der Waals surface area contributed by atoms with Crippen molar-refractivity contribution >= 4 is 0 Å². The van der Waals surface area contributed by atoms with E-state index in [1.807, 2.05) is 12.2 Å². The predicted octanol–water partition coefficient (Wildman–Crippen LogP) is 0.962. The SMILES string of the molecule is CC/C=C\COCCO. The van der Waals surface area contributed by atoms with Crippen LogP contribution in [0.2, 0.25) is 0 Å². The predicted molar refractivity (Wildman–Crippen MR) is 37.3 cm³/mol. The van der Waals surface area contributed by atoms with Crippen LogP contribution in [0.15, 0.2) is 12.2 Å². The van der Waals surface area contributed by atoms with E-state index < -0.39 is 0 Å². The van der Waals surface area contributed by atoms with Crippen molar-refractivity contribution < 1.29 is 9.84 Å². The second kappa shape index (κ2) is 7.66. The van der Waals surface area contributed by atoms with E-state index >= 15 is 0 Å². The molecule has 2 nitrogen and oxygen atoms in total.